The second-order valence-electron chi connectivity index (χ2n) is 22.7. The number of hydrogen-bond donors (Lipinski definition) is 2. The highest BCUT2D eigenvalue weighted by molar-refractivity contribution is 7.47. The van der Waals surface area contributed by atoms with E-state index in [-0.39, 0.29) is 38.6 Å². The summed E-state index contributed by atoms with van der Waals surface area (Å²) in [5.74, 6) is -0.813. The van der Waals surface area contributed by atoms with Gasteiger partial charge in [0, 0.05) is 19.4 Å². The first-order valence-corrected chi connectivity index (χ1v) is 35.3. The minimum atomic E-state index is -4.39. The number of carbonyl (C=O) groups excluding carboxylic acids is 2. The van der Waals surface area contributed by atoms with Crippen LogP contribution in [0.4, 0.5) is 0 Å². The molecule has 462 valence electrons. The number of esters is 2. The van der Waals surface area contributed by atoms with Crippen molar-refractivity contribution in [3.63, 3.8) is 0 Å². The van der Waals surface area contributed by atoms with E-state index in [1.54, 1.807) is 0 Å². The van der Waals surface area contributed by atoms with E-state index in [2.05, 4.69) is 74.6 Å². The predicted octanol–water partition coefficient (Wildman–Crippen LogP) is 21.9. The molecule has 0 aromatic rings. The molecule has 0 aliphatic carbocycles. The minimum Gasteiger partial charge on any atom is -0.462 e. The zero-order valence-corrected chi connectivity index (χ0v) is 52.8. The summed E-state index contributed by atoms with van der Waals surface area (Å²) < 4.78 is 33.1. The molecule has 0 bridgehead atoms. The van der Waals surface area contributed by atoms with Crippen LogP contribution in [0.5, 0.6) is 0 Å². The molecule has 0 saturated carbocycles. The SMILES string of the molecule is CC/C=C\C/C=C\C/C=C\C/C=C\CCCCCCCCCCCCCCCCCCCCCCCCCCCCC(=O)OC(COC(=O)CCCCCCCCCCC/C=C\CCCCCCCC)COP(=O)(O)OCCN. The molecule has 0 amide bonds. The molecule has 79 heavy (non-hydrogen) atoms. The van der Waals surface area contributed by atoms with Gasteiger partial charge in [-0.1, -0.05) is 306 Å². The molecule has 0 aliphatic heterocycles. The number of nitrogens with two attached hydrogens (primary N) is 1. The van der Waals surface area contributed by atoms with E-state index in [0.717, 1.165) is 57.8 Å². The van der Waals surface area contributed by atoms with Crippen molar-refractivity contribution in [3.8, 4) is 0 Å². The van der Waals surface area contributed by atoms with Gasteiger partial charge in [-0.15, -0.1) is 0 Å². The number of phosphoric acid groups is 1. The van der Waals surface area contributed by atoms with E-state index >= 15 is 0 Å². The van der Waals surface area contributed by atoms with Gasteiger partial charge in [-0.3, -0.25) is 18.6 Å². The standard InChI is InChI=1S/C69H128NO8P/c1-3-5-7-9-11-13-15-17-19-21-23-24-25-26-27-28-29-30-31-32-33-34-35-36-37-38-39-40-41-42-44-46-48-50-52-54-56-58-60-62-69(72)78-67(66-77-79(73,74)76-64-63-70)65-75-68(71)61-59-57-55-53-51-49-47-45-43-22-20-18-16-14-12-10-8-6-4-2/h5,7,11,13,17-20,23-24,67H,3-4,6,8-10,12,14-16,21-22,25-66,70H2,1-2H3,(H,73,74)/b7-5-,13-11-,19-17-,20-18-,24-23-. The van der Waals surface area contributed by atoms with Gasteiger partial charge in [-0.05, 0) is 77.0 Å². The molecule has 0 aliphatic rings. The monoisotopic (exact) mass is 1130 g/mol. The number of ether oxygens (including phenoxy) is 2. The molecule has 0 aromatic heterocycles. The zero-order valence-electron chi connectivity index (χ0n) is 51.9. The third-order valence-electron chi connectivity index (χ3n) is 14.9. The quantitative estimate of drug-likeness (QED) is 0.0264. The van der Waals surface area contributed by atoms with Gasteiger partial charge in [0.15, 0.2) is 6.10 Å². The summed E-state index contributed by atoms with van der Waals surface area (Å²) >= 11 is 0. The van der Waals surface area contributed by atoms with E-state index in [1.165, 1.54) is 244 Å². The van der Waals surface area contributed by atoms with Crippen LogP contribution < -0.4 is 5.73 Å². The Morgan fingerprint density at radius 2 is 0.696 bits per heavy atom. The summed E-state index contributed by atoms with van der Waals surface area (Å²) in [6.07, 6.45) is 83.2. The lowest BCUT2D eigenvalue weighted by molar-refractivity contribution is -0.161. The molecule has 2 unspecified atom stereocenters. The molecule has 0 spiro atoms. The molecule has 0 fully saturated rings. The van der Waals surface area contributed by atoms with E-state index in [1.807, 2.05) is 0 Å². The fourth-order valence-electron chi connectivity index (χ4n) is 9.92. The first-order chi connectivity index (χ1) is 38.8. The van der Waals surface area contributed by atoms with Gasteiger partial charge in [0.05, 0.1) is 13.2 Å². The summed E-state index contributed by atoms with van der Waals surface area (Å²) in [6.45, 7) is 3.68. The van der Waals surface area contributed by atoms with Crippen LogP contribution in [0.3, 0.4) is 0 Å². The highest BCUT2D eigenvalue weighted by Gasteiger charge is 2.26. The van der Waals surface area contributed by atoms with Crippen molar-refractivity contribution >= 4 is 19.8 Å². The maximum Gasteiger partial charge on any atom is 0.472 e. The molecule has 10 heteroatoms. The lowest BCUT2D eigenvalue weighted by atomic mass is 10.0. The number of phosphoric ester groups is 1. The van der Waals surface area contributed by atoms with Crippen LogP contribution >= 0.6 is 7.82 Å². The van der Waals surface area contributed by atoms with Gasteiger partial charge in [-0.25, -0.2) is 4.57 Å². The zero-order chi connectivity index (χ0) is 57.3. The van der Waals surface area contributed by atoms with Crippen molar-refractivity contribution in [1.82, 2.24) is 0 Å². The Morgan fingerprint density at radius 1 is 0.392 bits per heavy atom. The van der Waals surface area contributed by atoms with Crippen LogP contribution in [0, 0.1) is 0 Å². The Bertz CT molecular complexity index is 1480. The lowest BCUT2D eigenvalue weighted by Gasteiger charge is -2.19. The van der Waals surface area contributed by atoms with Crippen LogP contribution in [0.2, 0.25) is 0 Å². The fraction of sp³-hybridized carbons (Fsp3) is 0.826. The Hall–Kier alpha value is -2.29. The first-order valence-electron chi connectivity index (χ1n) is 33.8. The van der Waals surface area contributed by atoms with E-state index in [0.29, 0.717) is 6.42 Å². The molecule has 0 aromatic carbocycles. The van der Waals surface area contributed by atoms with Crippen LogP contribution in [-0.2, 0) is 32.7 Å². The van der Waals surface area contributed by atoms with Crippen LogP contribution in [0.25, 0.3) is 0 Å². The van der Waals surface area contributed by atoms with Crippen LogP contribution in [-0.4, -0.2) is 49.3 Å². The Kier molecular flexibility index (Phi) is 63.0. The summed E-state index contributed by atoms with van der Waals surface area (Å²) in [6, 6.07) is 0. The maximum atomic E-state index is 12.7. The van der Waals surface area contributed by atoms with Gasteiger partial charge in [0.1, 0.15) is 6.61 Å². The fourth-order valence-corrected chi connectivity index (χ4v) is 10.7. The topological polar surface area (TPSA) is 134 Å². The second-order valence-corrected chi connectivity index (χ2v) is 24.1. The number of unbranched alkanes of at least 4 members (excludes halogenated alkanes) is 41. The summed E-state index contributed by atoms with van der Waals surface area (Å²) in [5.41, 5.74) is 5.39. The smallest absolute Gasteiger partial charge is 0.462 e. The van der Waals surface area contributed by atoms with Gasteiger partial charge in [0.2, 0.25) is 0 Å². The van der Waals surface area contributed by atoms with E-state index in [9.17, 15) is 19.0 Å². The molecule has 9 nitrogen and oxygen atoms in total. The van der Waals surface area contributed by atoms with Gasteiger partial charge >= 0.3 is 19.8 Å². The Balaban J connectivity index is 3.77. The summed E-state index contributed by atoms with van der Waals surface area (Å²) in [5, 5.41) is 0. The average molecular weight is 1130 g/mol. The number of carbonyl (C=O) groups is 2. The first kappa shape index (κ1) is 76.7. The van der Waals surface area contributed by atoms with E-state index < -0.39 is 26.5 Å². The van der Waals surface area contributed by atoms with Crippen molar-refractivity contribution in [3.05, 3.63) is 60.8 Å². The highest BCUT2D eigenvalue weighted by atomic mass is 31.2. The highest BCUT2D eigenvalue weighted by Crippen LogP contribution is 2.43. The van der Waals surface area contributed by atoms with E-state index in [4.69, 9.17) is 24.3 Å². The molecule has 0 saturated heterocycles. The van der Waals surface area contributed by atoms with Crippen LogP contribution in [0.15, 0.2) is 60.8 Å². The number of rotatable bonds is 64. The van der Waals surface area contributed by atoms with Crippen molar-refractivity contribution in [1.29, 1.82) is 0 Å². The molecule has 2 atom stereocenters. The Labute approximate surface area is 489 Å². The van der Waals surface area contributed by atoms with Crippen molar-refractivity contribution in [2.45, 2.75) is 341 Å². The van der Waals surface area contributed by atoms with Gasteiger partial charge < -0.3 is 20.1 Å². The lowest BCUT2D eigenvalue weighted by Crippen LogP contribution is -2.29. The third kappa shape index (κ3) is 64.7. The van der Waals surface area contributed by atoms with Crippen molar-refractivity contribution < 1.29 is 37.6 Å². The van der Waals surface area contributed by atoms with Crippen molar-refractivity contribution in [2.75, 3.05) is 26.4 Å². The normalized spacial score (nSPS) is 13.3. The third-order valence-corrected chi connectivity index (χ3v) is 15.9. The van der Waals surface area contributed by atoms with Crippen molar-refractivity contribution in [2.24, 2.45) is 5.73 Å². The molecule has 0 rings (SSSR count). The van der Waals surface area contributed by atoms with Gasteiger partial charge in [0.25, 0.3) is 0 Å². The molecule has 0 radical (unpaired) electrons. The molecule has 0 heterocycles. The summed E-state index contributed by atoms with van der Waals surface area (Å²) in [7, 11) is -4.39. The second kappa shape index (κ2) is 64.9. The largest absolute Gasteiger partial charge is 0.472 e. The maximum absolute atomic E-state index is 12.7. The van der Waals surface area contributed by atoms with Crippen LogP contribution in [0.1, 0.15) is 335 Å². The Morgan fingerprint density at radius 3 is 1.05 bits per heavy atom. The molecular formula is C69H128NO8P. The molecule has 3 N–H and O–H groups in total. The minimum absolute atomic E-state index is 0.0546. The average Bonchev–Trinajstić information content (AvgIpc) is 3.44. The number of hydrogen-bond acceptors (Lipinski definition) is 8. The number of allylic oxidation sites excluding steroid dienone is 10. The van der Waals surface area contributed by atoms with Gasteiger partial charge in [-0.2, -0.15) is 0 Å². The molecular weight excluding hydrogens is 1000 g/mol. The summed E-state index contributed by atoms with van der Waals surface area (Å²) in [4.78, 5) is 35.3. The predicted molar refractivity (Wildman–Crippen MR) is 340 cm³/mol.